The molecule has 100 valence electrons. The molecule has 2 N–H and O–H groups in total. The highest BCUT2D eigenvalue weighted by atomic mass is 16.3. The molecule has 1 amide bonds. The summed E-state index contributed by atoms with van der Waals surface area (Å²) in [6.45, 7) is 2.63. The zero-order chi connectivity index (χ0) is 13.5. The molecule has 0 aliphatic rings. The van der Waals surface area contributed by atoms with Crippen LogP contribution in [0.1, 0.15) is 31.4 Å². The molecule has 0 spiro atoms. The second-order valence-corrected chi connectivity index (χ2v) is 4.36. The van der Waals surface area contributed by atoms with Crippen LogP contribution in [-0.4, -0.2) is 31.7 Å². The van der Waals surface area contributed by atoms with Crippen LogP contribution < -0.4 is 10.2 Å². The lowest BCUT2D eigenvalue weighted by molar-refractivity contribution is -0.120. The summed E-state index contributed by atoms with van der Waals surface area (Å²) in [7, 11) is 3.59. The average molecular weight is 250 g/mol. The largest absolute Gasteiger partial charge is 0.388 e. The number of amides is 1. The van der Waals surface area contributed by atoms with Crippen molar-refractivity contribution >= 4 is 11.6 Å². The van der Waals surface area contributed by atoms with E-state index in [2.05, 4.69) is 5.32 Å². The lowest BCUT2D eigenvalue weighted by Gasteiger charge is -2.19. The molecular weight excluding hydrogens is 228 g/mol. The van der Waals surface area contributed by atoms with Crippen LogP contribution in [0.15, 0.2) is 24.3 Å². The van der Waals surface area contributed by atoms with Gasteiger partial charge in [0.05, 0.1) is 6.10 Å². The number of nitrogens with zero attached hydrogens (tertiary/aromatic N) is 1. The van der Waals surface area contributed by atoms with E-state index in [9.17, 15) is 9.90 Å². The molecule has 0 saturated carbocycles. The Morgan fingerprint density at radius 2 is 2.00 bits per heavy atom. The Kier molecular flexibility index (Phi) is 5.65. The average Bonchev–Trinajstić information content (AvgIpc) is 2.43. The monoisotopic (exact) mass is 250 g/mol. The summed E-state index contributed by atoms with van der Waals surface area (Å²) in [5.41, 5.74) is 1.98. The molecule has 0 aromatic heterocycles. The smallest absolute Gasteiger partial charge is 0.221 e. The first kappa shape index (κ1) is 14.5. The molecular formula is C14H22N2O2. The summed E-state index contributed by atoms with van der Waals surface area (Å²) in [5.74, 6) is 0.0416. The van der Waals surface area contributed by atoms with Crippen molar-refractivity contribution in [1.82, 2.24) is 5.32 Å². The van der Waals surface area contributed by atoms with E-state index in [-0.39, 0.29) is 5.91 Å². The van der Waals surface area contributed by atoms with Crippen LogP contribution in [-0.2, 0) is 4.79 Å². The van der Waals surface area contributed by atoms with Crippen LogP contribution in [0.5, 0.6) is 0 Å². The number of benzene rings is 1. The lowest BCUT2D eigenvalue weighted by Crippen LogP contribution is -2.26. The SMILES string of the molecule is CCC(O)c1ccc(N(C)CCC(=O)NC)cc1. The zero-order valence-corrected chi connectivity index (χ0v) is 11.3. The Morgan fingerprint density at radius 3 is 2.50 bits per heavy atom. The molecule has 0 heterocycles. The van der Waals surface area contributed by atoms with E-state index in [4.69, 9.17) is 0 Å². The maximum absolute atomic E-state index is 11.2. The van der Waals surface area contributed by atoms with E-state index in [1.54, 1.807) is 7.05 Å². The lowest BCUT2D eigenvalue weighted by atomic mass is 10.1. The summed E-state index contributed by atoms with van der Waals surface area (Å²) in [4.78, 5) is 13.2. The first-order valence-corrected chi connectivity index (χ1v) is 6.28. The first-order valence-electron chi connectivity index (χ1n) is 6.28. The number of hydrogen-bond donors (Lipinski definition) is 2. The van der Waals surface area contributed by atoms with Gasteiger partial charge in [-0.1, -0.05) is 19.1 Å². The van der Waals surface area contributed by atoms with E-state index < -0.39 is 6.10 Å². The summed E-state index contributed by atoms with van der Waals surface area (Å²) < 4.78 is 0. The number of hydrogen-bond acceptors (Lipinski definition) is 3. The molecule has 18 heavy (non-hydrogen) atoms. The molecule has 0 bridgehead atoms. The number of nitrogens with one attached hydrogen (secondary N) is 1. The third kappa shape index (κ3) is 4.04. The topological polar surface area (TPSA) is 52.6 Å². The van der Waals surface area contributed by atoms with Crippen LogP contribution in [0, 0.1) is 0 Å². The minimum Gasteiger partial charge on any atom is -0.388 e. The molecule has 0 saturated heterocycles. The fourth-order valence-electron chi connectivity index (χ4n) is 1.71. The van der Waals surface area contributed by atoms with E-state index in [1.165, 1.54) is 0 Å². The zero-order valence-electron chi connectivity index (χ0n) is 11.3. The van der Waals surface area contributed by atoms with Gasteiger partial charge in [0.15, 0.2) is 0 Å². The van der Waals surface area contributed by atoms with Crippen molar-refractivity contribution in [1.29, 1.82) is 0 Å². The van der Waals surface area contributed by atoms with Crippen molar-refractivity contribution in [2.45, 2.75) is 25.9 Å². The quantitative estimate of drug-likeness (QED) is 0.808. The van der Waals surface area contributed by atoms with Crippen LogP contribution in [0.25, 0.3) is 0 Å². The Balaban J connectivity index is 2.58. The number of anilines is 1. The molecule has 0 radical (unpaired) electrons. The van der Waals surface area contributed by atoms with E-state index >= 15 is 0 Å². The molecule has 0 aliphatic carbocycles. The van der Waals surface area contributed by atoms with E-state index in [0.29, 0.717) is 19.4 Å². The second kappa shape index (κ2) is 7.01. The van der Waals surface area contributed by atoms with Gasteiger partial charge in [-0.3, -0.25) is 4.79 Å². The van der Waals surface area contributed by atoms with E-state index in [1.807, 2.05) is 43.1 Å². The van der Waals surface area contributed by atoms with Crippen molar-refractivity contribution in [2.24, 2.45) is 0 Å². The molecule has 1 unspecified atom stereocenters. The minimum atomic E-state index is -0.393. The second-order valence-electron chi connectivity index (χ2n) is 4.36. The number of carbonyl (C=O) groups excluding carboxylic acids is 1. The minimum absolute atomic E-state index is 0.0416. The third-order valence-electron chi connectivity index (χ3n) is 3.06. The fraction of sp³-hybridized carbons (Fsp3) is 0.500. The number of aliphatic hydroxyl groups is 1. The van der Waals surface area contributed by atoms with Gasteiger partial charge in [-0.25, -0.2) is 0 Å². The predicted molar refractivity (Wildman–Crippen MR) is 73.6 cm³/mol. The van der Waals surface area contributed by atoms with E-state index in [0.717, 1.165) is 11.3 Å². The molecule has 0 fully saturated rings. The van der Waals surface area contributed by atoms with Gasteiger partial charge < -0.3 is 15.3 Å². The van der Waals surface area contributed by atoms with Gasteiger partial charge in [0.25, 0.3) is 0 Å². The van der Waals surface area contributed by atoms with Crippen molar-refractivity contribution in [3.8, 4) is 0 Å². The molecule has 1 rings (SSSR count). The van der Waals surface area contributed by atoms with Crippen LogP contribution in [0.2, 0.25) is 0 Å². The molecule has 0 aliphatic heterocycles. The molecule has 1 aromatic carbocycles. The Morgan fingerprint density at radius 1 is 1.39 bits per heavy atom. The number of aliphatic hydroxyl groups excluding tert-OH is 1. The molecule has 4 heteroatoms. The Bertz CT molecular complexity index is 376. The van der Waals surface area contributed by atoms with Gasteiger partial charge in [0.1, 0.15) is 0 Å². The molecule has 4 nitrogen and oxygen atoms in total. The van der Waals surface area contributed by atoms with Gasteiger partial charge >= 0.3 is 0 Å². The predicted octanol–water partition coefficient (Wildman–Crippen LogP) is 1.70. The molecule has 1 aromatic rings. The summed E-state index contributed by atoms with van der Waals surface area (Å²) in [6.07, 6.45) is 0.799. The van der Waals surface area contributed by atoms with Crippen molar-refractivity contribution < 1.29 is 9.90 Å². The van der Waals surface area contributed by atoms with Crippen molar-refractivity contribution in [3.05, 3.63) is 29.8 Å². The highest BCUT2D eigenvalue weighted by Gasteiger charge is 2.07. The standard InChI is InChI=1S/C14H22N2O2/c1-4-13(17)11-5-7-12(8-6-11)16(3)10-9-14(18)15-2/h5-8,13,17H,4,9-10H2,1-3H3,(H,15,18). The van der Waals surface area contributed by atoms with Crippen LogP contribution in [0.3, 0.4) is 0 Å². The maximum Gasteiger partial charge on any atom is 0.221 e. The Hall–Kier alpha value is -1.55. The van der Waals surface area contributed by atoms with Gasteiger partial charge in [0.2, 0.25) is 5.91 Å². The highest BCUT2D eigenvalue weighted by Crippen LogP contribution is 2.20. The van der Waals surface area contributed by atoms with Crippen molar-refractivity contribution in [3.63, 3.8) is 0 Å². The fourth-order valence-corrected chi connectivity index (χ4v) is 1.71. The van der Waals surface area contributed by atoms with Crippen LogP contribution in [0.4, 0.5) is 5.69 Å². The highest BCUT2D eigenvalue weighted by molar-refractivity contribution is 5.76. The first-order chi connectivity index (χ1) is 8.58. The number of rotatable bonds is 6. The summed E-state index contributed by atoms with van der Waals surface area (Å²) >= 11 is 0. The van der Waals surface area contributed by atoms with Crippen LogP contribution >= 0.6 is 0 Å². The third-order valence-corrected chi connectivity index (χ3v) is 3.06. The van der Waals surface area contributed by atoms with Gasteiger partial charge in [0, 0.05) is 32.7 Å². The normalized spacial score (nSPS) is 12.0. The summed E-state index contributed by atoms with van der Waals surface area (Å²) in [6, 6.07) is 7.80. The summed E-state index contributed by atoms with van der Waals surface area (Å²) in [5, 5.41) is 12.3. The Labute approximate surface area is 109 Å². The number of carbonyl (C=O) groups is 1. The van der Waals surface area contributed by atoms with Gasteiger partial charge in [-0.05, 0) is 24.1 Å². The van der Waals surface area contributed by atoms with Crippen molar-refractivity contribution in [2.75, 3.05) is 25.5 Å². The molecule has 1 atom stereocenters. The van der Waals surface area contributed by atoms with Gasteiger partial charge in [-0.2, -0.15) is 0 Å². The maximum atomic E-state index is 11.2. The van der Waals surface area contributed by atoms with Gasteiger partial charge in [-0.15, -0.1) is 0 Å².